The fourth-order valence-corrected chi connectivity index (χ4v) is 4.99. The first-order valence-electron chi connectivity index (χ1n) is 10.6. The summed E-state index contributed by atoms with van der Waals surface area (Å²) in [6.07, 6.45) is 4.97. The molecule has 3 heterocycles. The molecule has 1 unspecified atom stereocenters. The molecule has 0 spiro atoms. The fraction of sp³-hybridized carbons (Fsp3) is 0.318. The van der Waals surface area contributed by atoms with Gasteiger partial charge in [0.2, 0.25) is 5.95 Å². The minimum absolute atomic E-state index is 0.145. The summed E-state index contributed by atoms with van der Waals surface area (Å²) in [5, 5.41) is 16.5. The van der Waals surface area contributed by atoms with Crippen LogP contribution in [-0.4, -0.2) is 35.6 Å². The van der Waals surface area contributed by atoms with Gasteiger partial charge < -0.3 is 15.0 Å². The van der Waals surface area contributed by atoms with Gasteiger partial charge in [0.15, 0.2) is 16.6 Å². The quantitative estimate of drug-likeness (QED) is 0.393. The molecule has 164 valence electrons. The van der Waals surface area contributed by atoms with Gasteiger partial charge in [-0.25, -0.2) is 14.8 Å². The molecule has 5 rings (SSSR count). The van der Waals surface area contributed by atoms with E-state index in [-0.39, 0.29) is 10.9 Å². The highest BCUT2D eigenvalue weighted by Gasteiger charge is 2.23. The van der Waals surface area contributed by atoms with Crippen molar-refractivity contribution in [2.24, 2.45) is 0 Å². The van der Waals surface area contributed by atoms with Crippen molar-refractivity contribution >= 4 is 45.4 Å². The van der Waals surface area contributed by atoms with Crippen LogP contribution in [-0.2, 0) is 13.0 Å². The van der Waals surface area contributed by atoms with E-state index in [1.54, 1.807) is 13.3 Å². The Bertz CT molecular complexity index is 1310. The van der Waals surface area contributed by atoms with Gasteiger partial charge in [-0.15, -0.1) is 0 Å². The second-order valence-electron chi connectivity index (χ2n) is 7.75. The molecule has 0 amide bonds. The number of carboxylic acids is 1. The lowest BCUT2D eigenvalue weighted by Gasteiger charge is -2.27. The first-order chi connectivity index (χ1) is 15.5. The van der Waals surface area contributed by atoms with E-state index in [0.29, 0.717) is 28.2 Å². The number of anilines is 3. The lowest BCUT2D eigenvalue weighted by molar-refractivity contribution is 0.0701. The molecule has 1 atom stereocenters. The lowest BCUT2D eigenvalue weighted by Crippen LogP contribution is -2.19. The Kier molecular flexibility index (Phi) is 5.22. The van der Waals surface area contributed by atoms with E-state index in [1.165, 1.54) is 11.1 Å². The Morgan fingerprint density at radius 1 is 1.28 bits per heavy atom. The van der Waals surface area contributed by atoms with Crippen molar-refractivity contribution < 1.29 is 9.90 Å². The zero-order valence-electron chi connectivity index (χ0n) is 17.8. The number of fused-ring (bicyclic) bond motifs is 2. The summed E-state index contributed by atoms with van der Waals surface area (Å²) in [4.78, 5) is 29.6. The lowest BCUT2D eigenvalue weighted by atomic mass is 9.88. The molecule has 9 nitrogen and oxygen atoms in total. The van der Waals surface area contributed by atoms with Crippen LogP contribution < -0.4 is 10.6 Å². The topological polar surface area (TPSA) is 118 Å². The maximum Gasteiger partial charge on any atom is 0.347 e. The van der Waals surface area contributed by atoms with Crippen LogP contribution in [0.15, 0.2) is 30.6 Å². The molecule has 4 aromatic rings. The third-order valence-electron chi connectivity index (χ3n) is 5.70. The summed E-state index contributed by atoms with van der Waals surface area (Å²) in [6, 6.07) is 8.66. The van der Waals surface area contributed by atoms with Gasteiger partial charge in [-0.05, 0) is 44.2 Å². The Morgan fingerprint density at radius 2 is 2.12 bits per heavy atom. The zero-order valence-corrected chi connectivity index (χ0v) is 18.6. The molecule has 32 heavy (non-hydrogen) atoms. The summed E-state index contributed by atoms with van der Waals surface area (Å²) < 4.78 is 2.02. The van der Waals surface area contributed by atoms with Crippen LogP contribution >= 0.6 is 11.3 Å². The Labute approximate surface area is 188 Å². The summed E-state index contributed by atoms with van der Waals surface area (Å²) >= 11 is 1.06. The highest BCUT2D eigenvalue weighted by molar-refractivity contribution is 7.17. The molecule has 0 bridgehead atoms. The molecule has 1 aliphatic rings. The van der Waals surface area contributed by atoms with E-state index >= 15 is 0 Å². The van der Waals surface area contributed by atoms with Crippen molar-refractivity contribution in [3.05, 3.63) is 52.3 Å². The second-order valence-corrected chi connectivity index (χ2v) is 8.75. The van der Waals surface area contributed by atoms with Gasteiger partial charge in [-0.2, -0.15) is 9.97 Å². The molecular weight excluding hydrogens is 426 g/mol. The van der Waals surface area contributed by atoms with Crippen molar-refractivity contribution in [3.8, 4) is 0 Å². The standard InChI is InChI=1S/C22H23N7O2S/c1-3-29-11-23-18-16(29)19(25-15-10-6-8-13-7-4-5-9-14(13)15)27-21(26-18)28-22-24-12(2)17(32-22)20(30)31/h4-5,7,9,11,15H,3,6,8,10H2,1-2H3,(H,30,31)(H2,24,25,26,27,28). The molecule has 3 aromatic heterocycles. The normalized spacial score (nSPS) is 15.5. The zero-order chi connectivity index (χ0) is 22.2. The van der Waals surface area contributed by atoms with Gasteiger partial charge >= 0.3 is 5.97 Å². The highest BCUT2D eigenvalue weighted by Crippen LogP contribution is 2.34. The summed E-state index contributed by atoms with van der Waals surface area (Å²) in [5.41, 5.74) is 4.54. The minimum atomic E-state index is -0.996. The van der Waals surface area contributed by atoms with Crippen molar-refractivity contribution in [2.75, 3.05) is 10.6 Å². The van der Waals surface area contributed by atoms with Crippen molar-refractivity contribution in [1.29, 1.82) is 0 Å². The molecule has 1 aliphatic carbocycles. The van der Waals surface area contributed by atoms with Crippen LogP contribution in [0.4, 0.5) is 16.9 Å². The smallest absolute Gasteiger partial charge is 0.347 e. The number of imidazole rings is 1. The number of aromatic carboxylic acids is 1. The number of hydrogen-bond donors (Lipinski definition) is 3. The SMILES string of the molecule is CCn1cnc2nc(Nc3nc(C)c(C(=O)O)s3)nc(NC3CCCc4ccccc43)c21. The van der Waals surface area contributed by atoms with E-state index < -0.39 is 5.97 Å². The van der Waals surface area contributed by atoms with Crippen LogP contribution in [0, 0.1) is 6.92 Å². The van der Waals surface area contributed by atoms with E-state index in [4.69, 9.17) is 4.98 Å². The maximum absolute atomic E-state index is 11.4. The molecule has 0 aliphatic heterocycles. The summed E-state index contributed by atoms with van der Waals surface area (Å²) in [6.45, 7) is 4.47. The number of benzene rings is 1. The third-order valence-corrected chi connectivity index (χ3v) is 6.76. The first kappa shape index (κ1) is 20.4. The minimum Gasteiger partial charge on any atom is -0.477 e. The summed E-state index contributed by atoms with van der Waals surface area (Å²) in [5.74, 6) is 0.0332. The number of rotatable bonds is 6. The molecule has 10 heteroatoms. The van der Waals surface area contributed by atoms with Gasteiger partial charge in [0, 0.05) is 6.54 Å². The Hall–Kier alpha value is -3.53. The number of aryl methyl sites for hydroxylation is 3. The van der Waals surface area contributed by atoms with E-state index in [9.17, 15) is 9.90 Å². The number of hydrogen-bond acceptors (Lipinski definition) is 8. The number of nitrogens with one attached hydrogen (secondary N) is 2. The van der Waals surface area contributed by atoms with Gasteiger partial charge in [-0.1, -0.05) is 35.6 Å². The Morgan fingerprint density at radius 3 is 2.91 bits per heavy atom. The molecular formula is C22H23N7O2S. The van der Waals surface area contributed by atoms with Crippen LogP contribution in [0.5, 0.6) is 0 Å². The first-order valence-corrected chi connectivity index (χ1v) is 11.4. The monoisotopic (exact) mass is 449 g/mol. The van der Waals surface area contributed by atoms with Gasteiger partial charge in [-0.3, -0.25) is 5.32 Å². The molecule has 0 saturated heterocycles. The predicted octanol–water partition coefficient (Wildman–Crippen LogP) is 4.54. The predicted molar refractivity (Wildman–Crippen MR) is 124 cm³/mol. The van der Waals surface area contributed by atoms with Crippen molar-refractivity contribution in [2.45, 2.75) is 45.7 Å². The number of thiazole rings is 1. The van der Waals surface area contributed by atoms with Crippen LogP contribution in [0.2, 0.25) is 0 Å². The van der Waals surface area contributed by atoms with E-state index in [2.05, 4.69) is 56.8 Å². The van der Waals surface area contributed by atoms with Gasteiger partial charge in [0.25, 0.3) is 0 Å². The van der Waals surface area contributed by atoms with Crippen LogP contribution in [0.1, 0.15) is 52.3 Å². The van der Waals surface area contributed by atoms with Gasteiger partial charge in [0.1, 0.15) is 10.4 Å². The molecule has 0 radical (unpaired) electrons. The van der Waals surface area contributed by atoms with E-state index in [0.717, 1.165) is 42.7 Å². The van der Waals surface area contributed by atoms with E-state index in [1.807, 2.05) is 4.57 Å². The number of carbonyl (C=O) groups is 1. The molecule has 1 aromatic carbocycles. The second kappa shape index (κ2) is 8.19. The fourth-order valence-electron chi connectivity index (χ4n) is 4.19. The average Bonchev–Trinajstić information content (AvgIpc) is 3.37. The molecule has 0 fully saturated rings. The summed E-state index contributed by atoms with van der Waals surface area (Å²) in [7, 11) is 0. The van der Waals surface area contributed by atoms with Gasteiger partial charge in [0.05, 0.1) is 18.1 Å². The van der Waals surface area contributed by atoms with Crippen LogP contribution in [0.25, 0.3) is 11.2 Å². The number of aromatic nitrogens is 5. The Balaban J connectivity index is 1.54. The number of nitrogens with zero attached hydrogens (tertiary/aromatic N) is 5. The van der Waals surface area contributed by atoms with Crippen molar-refractivity contribution in [3.63, 3.8) is 0 Å². The number of carboxylic acid groups (broad SMARTS) is 1. The molecule has 3 N–H and O–H groups in total. The molecule has 0 saturated carbocycles. The van der Waals surface area contributed by atoms with Crippen molar-refractivity contribution in [1.82, 2.24) is 24.5 Å². The highest BCUT2D eigenvalue weighted by atomic mass is 32.1. The maximum atomic E-state index is 11.4. The average molecular weight is 450 g/mol. The van der Waals surface area contributed by atoms with Crippen LogP contribution in [0.3, 0.4) is 0 Å². The third kappa shape index (κ3) is 3.66. The largest absolute Gasteiger partial charge is 0.477 e.